The van der Waals surface area contributed by atoms with E-state index in [1.165, 1.54) is 96.3 Å². The summed E-state index contributed by atoms with van der Waals surface area (Å²) < 4.78 is 33.6. The van der Waals surface area contributed by atoms with Gasteiger partial charge in [0.1, 0.15) is 19.8 Å². The van der Waals surface area contributed by atoms with Gasteiger partial charge in [-0.2, -0.15) is 0 Å². The van der Waals surface area contributed by atoms with Crippen LogP contribution in [0.5, 0.6) is 0 Å². The molecule has 46 heavy (non-hydrogen) atoms. The summed E-state index contributed by atoms with van der Waals surface area (Å²) in [6, 6.07) is 0. The van der Waals surface area contributed by atoms with E-state index in [4.69, 9.17) is 18.5 Å². The molecule has 0 saturated carbocycles. The minimum atomic E-state index is -4.60. The molecule has 0 amide bonds. The summed E-state index contributed by atoms with van der Waals surface area (Å²) in [5.41, 5.74) is 0. The molecule has 0 aromatic heterocycles. The van der Waals surface area contributed by atoms with Gasteiger partial charge in [-0.3, -0.25) is 14.2 Å². The van der Waals surface area contributed by atoms with Crippen LogP contribution < -0.4 is 4.89 Å². The van der Waals surface area contributed by atoms with Crippen molar-refractivity contribution >= 4 is 19.8 Å². The largest absolute Gasteiger partial charge is 0.756 e. The highest BCUT2D eigenvalue weighted by atomic mass is 31.2. The fourth-order valence-electron chi connectivity index (χ4n) is 5.12. The van der Waals surface area contributed by atoms with E-state index in [0.29, 0.717) is 17.4 Å². The second kappa shape index (κ2) is 30.1. The zero-order chi connectivity index (χ0) is 34.4. The van der Waals surface area contributed by atoms with E-state index in [1.54, 1.807) is 0 Å². The summed E-state index contributed by atoms with van der Waals surface area (Å²) in [6.07, 6.45) is 25.7. The van der Waals surface area contributed by atoms with E-state index in [-0.39, 0.29) is 32.0 Å². The number of carbonyl (C=O) groups excluding carboxylic acids is 2. The maximum Gasteiger partial charge on any atom is 0.306 e. The Morgan fingerprint density at radius 2 is 0.978 bits per heavy atom. The second-order valence-electron chi connectivity index (χ2n) is 14.0. The smallest absolute Gasteiger partial charge is 0.306 e. The summed E-state index contributed by atoms with van der Waals surface area (Å²) in [4.78, 5) is 37.1. The fourth-order valence-corrected chi connectivity index (χ4v) is 5.85. The molecule has 0 heterocycles. The first-order chi connectivity index (χ1) is 22.0. The van der Waals surface area contributed by atoms with Gasteiger partial charge in [-0.05, 0) is 12.8 Å². The molecule has 0 aromatic carbocycles. The lowest BCUT2D eigenvalue weighted by atomic mass is 10.0. The molecule has 1 unspecified atom stereocenters. The number of quaternary nitrogens is 1. The number of unbranched alkanes of at least 4 members (excludes halogenated alkanes) is 20. The van der Waals surface area contributed by atoms with Crippen molar-refractivity contribution in [3.8, 4) is 0 Å². The molecule has 2 atom stereocenters. The van der Waals surface area contributed by atoms with Crippen molar-refractivity contribution in [2.24, 2.45) is 0 Å². The third-order valence-corrected chi connectivity index (χ3v) is 9.09. The van der Waals surface area contributed by atoms with Gasteiger partial charge in [0.25, 0.3) is 7.82 Å². The van der Waals surface area contributed by atoms with Crippen molar-refractivity contribution in [1.82, 2.24) is 0 Å². The van der Waals surface area contributed by atoms with Crippen LogP contribution in [-0.4, -0.2) is 70.0 Å². The van der Waals surface area contributed by atoms with Gasteiger partial charge in [0.05, 0.1) is 27.7 Å². The average Bonchev–Trinajstić information content (AvgIpc) is 2.99. The summed E-state index contributed by atoms with van der Waals surface area (Å²) in [7, 11) is 1.17. The fraction of sp³-hybridized carbons (Fsp3) is 0.944. The number of phosphoric ester groups is 1. The van der Waals surface area contributed by atoms with Crippen LogP contribution in [0, 0.1) is 0 Å². The molecule has 0 saturated heterocycles. The molecule has 10 heteroatoms. The number of rotatable bonds is 34. The molecule has 274 valence electrons. The van der Waals surface area contributed by atoms with Gasteiger partial charge in [0.15, 0.2) is 6.10 Å². The summed E-state index contributed by atoms with van der Waals surface area (Å²) in [5.74, 6) is -0.834. The highest BCUT2D eigenvalue weighted by Gasteiger charge is 2.21. The molecule has 0 rings (SSSR count). The van der Waals surface area contributed by atoms with E-state index < -0.39 is 26.5 Å². The number of ether oxygens (including phenoxy) is 2. The Morgan fingerprint density at radius 3 is 1.39 bits per heavy atom. The normalized spacial score (nSPS) is 13.8. The minimum Gasteiger partial charge on any atom is -0.756 e. The SMILES string of the molecule is CCCCCCCCCCCCCCCCCC(=O)OC[C@@H](COP(=O)([O-])OCC[N+](C)(C)C)OC(=O)CCCCCCCCC. The van der Waals surface area contributed by atoms with Crippen molar-refractivity contribution in [3.05, 3.63) is 0 Å². The van der Waals surface area contributed by atoms with E-state index in [0.717, 1.165) is 38.5 Å². The number of esters is 2. The monoisotopic (exact) mass is 677 g/mol. The first kappa shape index (κ1) is 45.0. The van der Waals surface area contributed by atoms with Crippen LogP contribution >= 0.6 is 7.82 Å². The Bertz CT molecular complexity index is 774. The van der Waals surface area contributed by atoms with Crippen LogP contribution in [0.4, 0.5) is 0 Å². The van der Waals surface area contributed by atoms with Crippen molar-refractivity contribution in [1.29, 1.82) is 0 Å². The first-order valence-corrected chi connectivity index (χ1v) is 20.2. The number of hydrogen-bond donors (Lipinski definition) is 0. The molecule has 0 fully saturated rings. The van der Waals surface area contributed by atoms with Crippen LogP contribution in [0.15, 0.2) is 0 Å². The summed E-state index contributed by atoms with van der Waals surface area (Å²) in [6.45, 7) is 4.18. The lowest BCUT2D eigenvalue weighted by Gasteiger charge is -2.28. The molecule has 0 bridgehead atoms. The van der Waals surface area contributed by atoms with Gasteiger partial charge in [-0.15, -0.1) is 0 Å². The molecule has 9 nitrogen and oxygen atoms in total. The first-order valence-electron chi connectivity index (χ1n) is 18.7. The average molecular weight is 678 g/mol. The molecule has 0 spiro atoms. The Balaban J connectivity index is 4.31. The van der Waals surface area contributed by atoms with Crippen LogP contribution in [0.3, 0.4) is 0 Å². The van der Waals surface area contributed by atoms with Gasteiger partial charge in [0.2, 0.25) is 0 Å². The van der Waals surface area contributed by atoms with Crippen LogP contribution in [0.1, 0.15) is 168 Å². The summed E-state index contributed by atoms with van der Waals surface area (Å²) >= 11 is 0. The van der Waals surface area contributed by atoms with E-state index in [1.807, 2.05) is 21.1 Å². The number of phosphoric acid groups is 1. The van der Waals surface area contributed by atoms with Gasteiger partial charge < -0.3 is 27.9 Å². The molecule has 0 aliphatic carbocycles. The molecule has 0 radical (unpaired) electrons. The zero-order valence-electron chi connectivity index (χ0n) is 30.5. The van der Waals surface area contributed by atoms with Crippen LogP contribution in [0.25, 0.3) is 0 Å². The third kappa shape index (κ3) is 32.9. The maximum atomic E-state index is 12.5. The van der Waals surface area contributed by atoms with Gasteiger partial charge in [-0.25, -0.2) is 0 Å². The highest BCUT2D eigenvalue weighted by molar-refractivity contribution is 7.45. The third-order valence-electron chi connectivity index (χ3n) is 8.13. The number of carbonyl (C=O) groups is 2. The number of hydrogen-bond acceptors (Lipinski definition) is 8. The Hall–Kier alpha value is -0.990. The van der Waals surface area contributed by atoms with Gasteiger partial charge in [-0.1, -0.05) is 142 Å². The molecular formula is C36H72NO8P. The van der Waals surface area contributed by atoms with Gasteiger partial charge in [0, 0.05) is 12.8 Å². The molecular weight excluding hydrogens is 605 g/mol. The topological polar surface area (TPSA) is 111 Å². The minimum absolute atomic E-state index is 0.0266. The zero-order valence-corrected chi connectivity index (χ0v) is 31.4. The standard InChI is InChI=1S/C36H72NO8P/c1-6-8-10-12-14-15-16-17-18-19-20-21-23-24-26-28-35(38)42-32-34(33-44-46(40,41)43-31-30-37(3,4)5)45-36(39)29-27-25-22-13-11-9-7-2/h34H,6-33H2,1-5H3/t34-/m0/s1. The predicted molar refractivity (Wildman–Crippen MR) is 185 cm³/mol. The summed E-state index contributed by atoms with van der Waals surface area (Å²) in [5, 5.41) is 0. The molecule has 0 aromatic rings. The quantitative estimate of drug-likeness (QED) is 0.0287. The van der Waals surface area contributed by atoms with Crippen molar-refractivity contribution < 1.29 is 42.1 Å². The predicted octanol–water partition coefficient (Wildman–Crippen LogP) is 9.05. The van der Waals surface area contributed by atoms with Gasteiger partial charge >= 0.3 is 11.9 Å². The Labute approximate surface area is 283 Å². The lowest BCUT2D eigenvalue weighted by molar-refractivity contribution is -0.870. The lowest BCUT2D eigenvalue weighted by Crippen LogP contribution is -2.37. The van der Waals surface area contributed by atoms with Crippen molar-refractivity contribution in [2.45, 2.75) is 174 Å². The highest BCUT2D eigenvalue weighted by Crippen LogP contribution is 2.38. The van der Waals surface area contributed by atoms with E-state index in [9.17, 15) is 19.0 Å². The number of nitrogens with zero attached hydrogens (tertiary/aromatic N) is 1. The van der Waals surface area contributed by atoms with Crippen LogP contribution in [0.2, 0.25) is 0 Å². The molecule has 0 aliphatic rings. The van der Waals surface area contributed by atoms with Crippen molar-refractivity contribution in [3.63, 3.8) is 0 Å². The van der Waals surface area contributed by atoms with E-state index in [2.05, 4.69) is 13.8 Å². The number of likely N-dealkylation sites (N-methyl/N-ethyl adjacent to an activating group) is 1. The molecule has 0 N–H and O–H groups in total. The Morgan fingerprint density at radius 1 is 0.587 bits per heavy atom. The molecule has 0 aliphatic heterocycles. The Kier molecular flexibility index (Phi) is 29.4. The van der Waals surface area contributed by atoms with E-state index >= 15 is 0 Å². The van der Waals surface area contributed by atoms with Crippen LogP contribution in [-0.2, 0) is 32.7 Å². The van der Waals surface area contributed by atoms with Crippen molar-refractivity contribution in [2.75, 3.05) is 47.5 Å². The second-order valence-corrected chi connectivity index (χ2v) is 15.4. The maximum absolute atomic E-state index is 12.5.